The van der Waals surface area contributed by atoms with Gasteiger partial charge in [-0.2, -0.15) is 0 Å². The van der Waals surface area contributed by atoms with E-state index in [0.717, 1.165) is 25.1 Å². The Morgan fingerprint density at radius 3 is 2.79 bits per heavy atom. The smallest absolute Gasteiger partial charge is 0.247 e. The largest absolute Gasteiger partial charge is 0.490 e. The van der Waals surface area contributed by atoms with Gasteiger partial charge in [-0.15, -0.1) is 0 Å². The maximum Gasteiger partial charge on any atom is 0.247 e. The molecule has 3 heterocycles. The fraction of sp³-hybridized carbons (Fsp3) is 0.241. The highest BCUT2D eigenvalue weighted by atomic mass is 35.5. The van der Waals surface area contributed by atoms with Crippen molar-refractivity contribution in [1.29, 1.82) is 0 Å². The van der Waals surface area contributed by atoms with Crippen molar-refractivity contribution in [3.63, 3.8) is 0 Å². The number of carbonyl (C=O) groups excluding carboxylic acids is 1. The van der Waals surface area contributed by atoms with Crippen molar-refractivity contribution in [3.8, 4) is 11.5 Å². The Morgan fingerprint density at radius 1 is 1.15 bits per heavy atom. The van der Waals surface area contributed by atoms with Gasteiger partial charge >= 0.3 is 0 Å². The molecule has 10 heteroatoms. The molecule has 1 atom stereocenters. The molecule has 0 spiro atoms. The molecular formula is C29H29ClN6O3. The average molecular weight is 545 g/mol. The number of nitrogens with one attached hydrogen (secondary N) is 2. The van der Waals surface area contributed by atoms with Crippen molar-refractivity contribution in [1.82, 2.24) is 19.9 Å². The van der Waals surface area contributed by atoms with Crippen LogP contribution in [0.5, 0.6) is 11.5 Å². The van der Waals surface area contributed by atoms with Crippen LogP contribution in [0.1, 0.15) is 18.5 Å². The molecular weight excluding hydrogens is 516 g/mol. The molecule has 4 aromatic rings. The van der Waals surface area contributed by atoms with E-state index in [1.165, 1.54) is 12.4 Å². The zero-order valence-corrected chi connectivity index (χ0v) is 22.3. The molecule has 0 bridgehead atoms. The summed E-state index contributed by atoms with van der Waals surface area (Å²) < 4.78 is 12.0. The van der Waals surface area contributed by atoms with Gasteiger partial charge in [-0.25, -0.2) is 9.97 Å². The van der Waals surface area contributed by atoms with Crippen molar-refractivity contribution in [2.45, 2.75) is 25.5 Å². The van der Waals surface area contributed by atoms with Crippen LogP contribution < -0.4 is 20.1 Å². The molecule has 1 amide bonds. The van der Waals surface area contributed by atoms with E-state index in [0.29, 0.717) is 63.9 Å². The van der Waals surface area contributed by atoms with Gasteiger partial charge in [-0.3, -0.25) is 9.78 Å². The topological polar surface area (TPSA) is 102 Å². The quantitative estimate of drug-likeness (QED) is 0.249. The number of pyridine rings is 1. The molecule has 2 aromatic carbocycles. The molecule has 5 rings (SSSR count). The minimum atomic E-state index is -0.336. The molecule has 1 aliphatic heterocycles. The fourth-order valence-electron chi connectivity index (χ4n) is 4.43. The van der Waals surface area contributed by atoms with Gasteiger partial charge in [0.25, 0.3) is 0 Å². The minimum absolute atomic E-state index is 0.310. The minimum Gasteiger partial charge on any atom is -0.490 e. The van der Waals surface area contributed by atoms with Crippen molar-refractivity contribution >= 4 is 45.6 Å². The molecule has 1 aliphatic rings. The highest BCUT2D eigenvalue weighted by Gasteiger charge is 2.22. The van der Waals surface area contributed by atoms with Gasteiger partial charge in [0.05, 0.1) is 21.9 Å². The SMILES string of the molecule is C=CC(=O)Nc1cc2c(Nc3ccc(OCc4ccccn4)c(Cl)c3)ncnc2cc1OCC1CCCN1C. The van der Waals surface area contributed by atoms with Crippen LogP contribution in [0.2, 0.25) is 5.02 Å². The first-order valence-corrected chi connectivity index (χ1v) is 13.0. The third-order valence-corrected chi connectivity index (χ3v) is 6.87. The molecule has 2 aromatic heterocycles. The Labute approximate surface area is 231 Å². The molecule has 1 saturated heterocycles. The van der Waals surface area contributed by atoms with Crippen molar-refractivity contribution in [2.75, 3.05) is 30.8 Å². The number of amides is 1. The fourth-order valence-corrected chi connectivity index (χ4v) is 4.66. The normalized spacial score (nSPS) is 15.2. The van der Waals surface area contributed by atoms with Gasteiger partial charge in [0, 0.05) is 29.4 Å². The lowest BCUT2D eigenvalue weighted by molar-refractivity contribution is -0.111. The number of fused-ring (bicyclic) bond motifs is 1. The summed E-state index contributed by atoms with van der Waals surface area (Å²) in [5.41, 5.74) is 2.70. The number of likely N-dealkylation sites (N-methyl/N-ethyl adjacent to an activating group) is 1. The Balaban J connectivity index is 1.38. The molecule has 200 valence electrons. The Morgan fingerprint density at radius 2 is 2.05 bits per heavy atom. The maximum atomic E-state index is 12.2. The summed E-state index contributed by atoms with van der Waals surface area (Å²) in [5, 5.41) is 7.30. The van der Waals surface area contributed by atoms with E-state index in [1.807, 2.05) is 30.3 Å². The van der Waals surface area contributed by atoms with Crippen LogP contribution in [0.4, 0.5) is 17.2 Å². The highest BCUT2D eigenvalue weighted by molar-refractivity contribution is 6.32. The number of likely N-dealkylation sites (tertiary alicyclic amines) is 1. The summed E-state index contributed by atoms with van der Waals surface area (Å²) in [6.45, 7) is 5.44. The second-order valence-electron chi connectivity index (χ2n) is 9.25. The lowest BCUT2D eigenvalue weighted by Crippen LogP contribution is -2.30. The van der Waals surface area contributed by atoms with Gasteiger partial charge < -0.3 is 25.0 Å². The molecule has 0 aliphatic carbocycles. The molecule has 0 radical (unpaired) electrons. The molecule has 0 saturated carbocycles. The van der Waals surface area contributed by atoms with Gasteiger partial charge in [-0.05, 0) is 68.9 Å². The van der Waals surface area contributed by atoms with Crippen LogP contribution in [0.15, 0.2) is 73.7 Å². The van der Waals surface area contributed by atoms with Crippen molar-refractivity contribution in [2.24, 2.45) is 0 Å². The summed E-state index contributed by atoms with van der Waals surface area (Å²) >= 11 is 6.50. The molecule has 39 heavy (non-hydrogen) atoms. The van der Waals surface area contributed by atoms with Gasteiger partial charge in [0.15, 0.2) is 0 Å². The number of carbonyl (C=O) groups is 1. The van der Waals surface area contributed by atoms with E-state index in [-0.39, 0.29) is 5.91 Å². The Hall–Kier alpha value is -4.21. The van der Waals surface area contributed by atoms with E-state index >= 15 is 0 Å². The summed E-state index contributed by atoms with van der Waals surface area (Å²) in [5.74, 6) is 1.30. The van der Waals surface area contributed by atoms with E-state index in [1.54, 1.807) is 24.4 Å². The second kappa shape index (κ2) is 12.1. The van der Waals surface area contributed by atoms with Crippen molar-refractivity contribution in [3.05, 3.63) is 84.4 Å². The van der Waals surface area contributed by atoms with Crippen LogP contribution in [0.3, 0.4) is 0 Å². The lowest BCUT2D eigenvalue weighted by atomic mass is 10.1. The molecule has 9 nitrogen and oxygen atoms in total. The van der Waals surface area contributed by atoms with Gasteiger partial charge in [-0.1, -0.05) is 24.2 Å². The summed E-state index contributed by atoms with van der Waals surface area (Å²) in [6, 6.07) is 15.0. The molecule has 1 unspecified atom stereocenters. The highest BCUT2D eigenvalue weighted by Crippen LogP contribution is 2.35. The number of nitrogens with zero attached hydrogens (tertiary/aromatic N) is 4. The van der Waals surface area contributed by atoms with Crippen LogP contribution >= 0.6 is 11.6 Å². The number of benzene rings is 2. The predicted octanol–water partition coefficient (Wildman–Crippen LogP) is 5.60. The number of anilines is 3. The predicted molar refractivity (Wildman–Crippen MR) is 153 cm³/mol. The summed E-state index contributed by atoms with van der Waals surface area (Å²) in [7, 11) is 2.10. The van der Waals surface area contributed by atoms with Crippen molar-refractivity contribution < 1.29 is 14.3 Å². The summed E-state index contributed by atoms with van der Waals surface area (Å²) in [6.07, 6.45) is 6.64. The second-order valence-corrected chi connectivity index (χ2v) is 9.66. The first kappa shape index (κ1) is 26.4. The zero-order valence-electron chi connectivity index (χ0n) is 21.6. The third kappa shape index (κ3) is 6.45. The van der Waals surface area contributed by atoms with E-state index < -0.39 is 0 Å². The third-order valence-electron chi connectivity index (χ3n) is 6.58. The number of hydrogen-bond acceptors (Lipinski definition) is 8. The monoisotopic (exact) mass is 544 g/mol. The number of aromatic nitrogens is 3. The Kier molecular flexibility index (Phi) is 8.19. The summed E-state index contributed by atoms with van der Waals surface area (Å²) in [4.78, 5) is 27.6. The first-order chi connectivity index (χ1) is 19.0. The number of halogens is 1. The van der Waals surface area contributed by atoms with E-state index in [2.05, 4.69) is 44.1 Å². The average Bonchev–Trinajstić information content (AvgIpc) is 3.36. The van der Waals surface area contributed by atoms with Gasteiger partial charge in [0.2, 0.25) is 5.91 Å². The number of hydrogen-bond donors (Lipinski definition) is 2. The maximum absolute atomic E-state index is 12.2. The Bertz CT molecular complexity index is 1480. The van der Waals surface area contributed by atoms with Crippen LogP contribution in [0, 0.1) is 0 Å². The van der Waals surface area contributed by atoms with Crippen LogP contribution in [-0.2, 0) is 11.4 Å². The van der Waals surface area contributed by atoms with Gasteiger partial charge in [0.1, 0.15) is 36.9 Å². The van der Waals surface area contributed by atoms with Crippen LogP contribution in [0.25, 0.3) is 10.9 Å². The van der Waals surface area contributed by atoms with E-state index in [4.69, 9.17) is 21.1 Å². The number of ether oxygens (including phenoxy) is 2. The zero-order chi connectivity index (χ0) is 27.2. The standard InChI is InChI=1S/C29H29ClN6O3/c1-3-28(37)35-25-14-22-24(15-27(25)39-17-21-8-6-12-36(21)2)32-18-33-29(22)34-19-9-10-26(23(30)13-19)38-16-20-7-4-5-11-31-20/h3-5,7,9-11,13-15,18,21H,1,6,8,12,16-17H2,2H3,(H,35,37)(H,32,33,34). The number of rotatable bonds is 10. The molecule has 2 N–H and O–H groups in total. The van der Waals surface area contributed by atoms with Crippen LogP contribution in [-0.4, -0.2) is 52.0 Å². The van der Waals surface area contributed by atoms with E-state index in [9.17, 15) is 4.79 Å². The lowest BCUT2D eigenvalue weighted by Gasteiger charge is -2.21. The first-order valence-electron chi connectivity index (χ1n) is 12.6. The molecule has 1 fully saturated rings.